The molecule has 0 rings (SSSR count). The lowest BCUT2D eigenvalue weighted by atomic mass is 9.91. The first-order valence-corrected chi connectivity index (χ1v) is 6.43. The second kappa shape index (κ2) is 7.64. The number of halogens is 3. The van der Waals surface area contributed by atoms with Crippen molar-refractivity contribution in [1.29, 1.82) is 0 Å². The number of ether oxygens (including phenoxy) is 1. The van der Waals surface area contributed by atoms with Crippen LogP contribution in [0.1, 0.15) is 59.3 Å². The molecule has 108 valence electrons. The molecule has 0 atom stereocenters. The van der Waals surface area contributed by atoms with Crippen LogP contribution in [0.15, 0.2) is 0 Å². The van der Waals surface area contributed by atoms with Gasteiger partial charge in [0.15, 0.2) is 0 Å². The van der Waals surface area contributed by atoms with Gasteiger partial charge >= 0.3 is 12.1 Å². The monoisotopic (exact) mass is 268 g/mol. The van der Waals surface area contributed by atoms with Crippen molar-refractivity contribution in [2.75, 3.05) is 6.61 Å². The van der Waals surface area contributed by atoms with Crippen molar-refractivity contribution in [3.05, 3.63) is 0 Å². The van der Waals surface area contributed by atoms with Gasteiger partial charge in [0.1, 0.15) is 0 Å². The van der Waals surface area contributed by atoms with Gasteiger partial charge in [-0.2, -0.15) is 13.2 Å². The van der Waals surface area contributed by atoms with Crippen LogP contribution in [0.2, 0.25) is 0 Å². The maximum atomic E-state index is 11.8. The number of carbonyl (C=O) groups excluding carboxylic acids is 1. The molecule has 0 amide bonds. The molecular weight excluding hydrogens is 245 g/mol. The minimum Gasteiger partial charge on any atom is -0.465 e. The van der Waals surface area contributed by atoms with Gasteiger partial charge in [-0.25, -0.2) is 0 Å². The minimum atomic E-state index is -4.06. The van der Waals surface area contributed by atoms with E-state index in [-0.39, 0.29) is 12.4 Å². The molecule has 5 heteroatoms. The normalized spacial score (nSPS) is 12.6. The number of carbonyl (C=O) groups is 1. The molecule has 0 aromatic heterocycles. The fourth-order valence-electron chi connectivity index (χ4n) is 1.29. The van der Waals surface area contributed by atoms with Crippen LogP contribution in [0, 0.1) is 5.41 Å². The summed E-state index contributed by atoms with van der Waals surface area (Å²) in [7, 11) is 0. The van der Waals surface area contributed by atoms with Crippen molar-refractivity contribution in [1.82, 2.24) is 0 Å². The van der Waals surface area contributed by atoms with E-state index in [1.807, 2.05) is 20.8 Å². The quantitative estimate of drug-likeness (QED) is 0.479. The molecule has 2 nitrogen and oxygen atoms in total. The number of rotatable bonds is 8. The van der Waals surface area contributed by atoms with E-state index in [2.05, 4.69) is 0 Å². The summed E-state index contributed by atoms with van der Waals surface area (Å²) < 4.78 is 40.6. The van der Waals surface area contributed by atoms with Crippen molar-refractivity contribution >= 4 is 5.97 Å². The van der Waals surface area contributed by atoms with Crippen LogP contribution < -0.4 is 0 Å². The smallest absolute Gasteiger partial charge is 0.389 e. The van der Waals surface area contributed by atoms with Gasteiger partial charge in [-0.3, -0.25) is 4.79 Å². The van der Waals surface area contributed by atoms with Crippen LogP contribution >= 0.6 is 0 Å². The number of alkyl halides is 3. The van der Waals surface area contributed by atoms with Crippen molar-refractivity contribution in [3.8, 4) is 0 Å². The largest absolute Gasteiger partial charge is 0.465 e. The SMILES string of the molecule is CCC(C)(C)C(=O)OCCCCCCC(F)(F)F. The van der Waals surface area contributed by atoms with Crippen LogP contribution in [0.25, 0.3) is 0 Å². The topological polar surface area (TPSA) is 26.3 Å². The van der Waals surface area contributed by atoms with Gasteiger partial charge in [0, 0.05) is 6.42 Å². The van der Waals surface area contributed by atoms with Gasteiger partial charge < -0.3 is 4.74 Å². The zero-order chi connectivity index (χ0) is 14.2. The van der Waals surface area contributed by atoms with Crippen LogP contribution in [-0.4, -0.2) is 18.8 Å². The summed E-state index contributed by atoms with van der Waals surface area (Å²) in [4.78, 5) is 11.5. The molecule has 0 unspecified atom stereocenters. The first kappa shape index (κ1) is 17.3. The third kappa shape index (κ3) is 8.37. The van der Waals surface area contributed by atoms with Crippen LogP contribution in [0.5, 0.6) is 0 Å². The first-order chi connectivity index (χ1) is 8.19. The molecule has 0 aliphatic rings. The molecule has 0 saturated carbocycles. The Morgan fingerprint density at radius 1 is 1.06 bits per heavy atom. The Hall–Kier alpha value is -0.740. The van der Waals surface area contributed by atoms with E-state index >= 15 is 0 Å². The molecule has 18 heavy (non-hydrogen) atoms. The summed E-state index contributed by atoms with van der Waals surface area (Å²) in [6, 6.07) is 0. The Morgan fingerprint density at radius 3 is 2.11 bits per heavy atom. The summed E-state index contributed by atoms with van der Waals surface area (Å²) in [5.74, 6) is -0.236. The molecule has 0 radical (unpaired) electrons. The highest BCUT2D eigenvalue weighted by Gasteiger charge is 2.27. The Morgan fingerprint density at radius 2 is 1.61 bits per heavy atom. The Balaban J connectivity index is 3.50. The molecule has 0 aromatic rings. The lowest BCUT2D eigenvalue weighted by molar-refractivity contribution is -0.154. The lowest BCUT2D eigenvalue weighted by Crippen LogP contribution is -2.26. The summed E-state index contributed by atoms with van der Waals surface area (Å²) >= 11 is 0. The number of hydrogen-bond acceptors (Lipinski definition) is 2. The third-order valence-electron chi connectivity index (χ3n) is 3.02. The minimum absolute atomic E-state index is 0.151. The molecular formula is C13H23F3O2. The number of unbranched alkanes of at least 4 members (excludes halogenated alkanes) is 3. The van der Waals surface area contributed by atoms with Gasteiger partial charge in [-0.05, 0) is 33.1 Å². The highest BCUT2D eigenvalue weighted by molar-refractivity contribution is 5.75. The summed E-state index contributed by atoms with van der Waals surface area (Å²) in [5, 5.41) is 0. The van der Waals surface area contributed by atoms with E-state index < -0.39 is 18.0 Å². The third-order valence-corrected chi connectivity index (χ3v) is 3.02. The Kier molecular flexibility index (Phi) is 7.33. The second-order valence-corrected chi connectivity index (χ2v) is 5.15. The Labute approximate surface area is 107 Å². The highest BCUT2D eigenvalue weighted by atomic mass is 19.4. The molecule has 0 spiro atoms. The maximum Gasteiger partial charge on any atom is 0.389 e. The standard InChI is InChI=1S/C13H23F3O2/c1-4-12(2,3)11(17)18-10-8-6-5-7-9-13(14,15)16/h4-10H2,1-3H3. The first-order valence-electron chi connectivity index (χ1n) is 6.43. The van der Waals surface area contributed by atoms with E-state index in [1.54, 1.807) is 0 Å². The van der Waals surface area contributed by atoms with Gasteiger partial charge in [-0.15, -0.1) is 0 Å². The molecule has 0 aromatic carbocycles. The molecule has 0 saturated heterocycles. The maximum absolute atomic E-state index is 11.8. The lowest BCUT2D eigenvalue weighted by Gasteiger charge is -2.20. The zero-order valence-electron chi connectivity index (χ0n) is 11.4. The molecule has 0 heterocycles. The summed E-state index contributed by atoms with van der Waals surface area (Å²) in [6.45, 7) is 5.85. The van der Waals surface area contributed by atoms with Crippen LogP contribution in [0.4, 0.5) is 13.2 Å². The fraction of sp³-hybridized carbons (Fsp3) is 0.923. The van der Waals surface area contributed by atoms with Gasteiger partial charge in [0.05, 0.1) is 12.0 Å². The number of hydrogen-bond donors (Lipinski definition) is 0. The molecule has 0 bridgehead atoms. The molecule has 0 aliphatic heterocycles. The molecule has 0 aliphatic carbocycles. The van der Waals surface area contributed by atoms with E-state index in [1.165, 1.54) is 0 Å². The van der Waals surface area contributed by atoms with Crippen LogP contribution in [0.3, 0.4) is 0 Å². The summed E-state index contributed by atoms with van der Waals surface area (Å²) in [5.41, 5.74) is -0.476. The van der Waals surface area contributed by atoms with Gasteiger partial charge in [-0.1, -0.05) is 19.8 Å². The van der Waals surface area contributed by atoms with Gasteiger partial charge in [0.25, 0.3) is 0 Å². The van der Waals surface area contributed by atoms with Crippen molar-refractivity contribution < 1.29 is 22.7 Å². The average molecular weight is 268 g/mol. The van der Waals surface area contributed by atoms with Crippen LogP contribution in [-0.2, 0) is 9.53 Å². The van der Waals surface area contributed by atoms with E-state index in [0.717, 1.165) is 0 Å². The predicted octanol–water partition coefficient (Wildman–Crippen LogP) is 4.48. The van der Waals surface area contributed by atoms with Gasteiger partial charge in [0.2, 0.25) is 0 Å². The van der Waals surface area contributed by atoms with Crippen molar-refractivity contribution in [2.45, 2.75) is 65.5 Å². The van der Waals surface area contributed by atoms with Crippen molar-refractivity contribution in [3.63, 3.8) is 0 Å². The summed E-state index contributed by atoms with van der Waals surface area (Å²) in [6.07, 6.45) is -2.11. The van der Waals surface area contributed by atoms with Crippen molar-refractivity contribution in [2.24, 2.45) is 5.41 Å². The van der Waals surface area contributed by atoms with E-state index in [9.17, 15) is 18.0 Å². The zero-order valence-corrected chi connectivity index (χ0v) is 11.4. The molecule has 0 N–H and O–H groups in total. The highest BCUT2D eigenvalue weighted by Crippen LogP contribution is 2.23. The number of esters is 1. The van der Waals surface area contributed by atoms with E-state index in [0.29, 0.717) is 32.3 Å². The predicted molar refractivity (Wildman–Crippen MR) is 64.2 cm³/mol. The Bertz CT molecular complexity index is 247. The average Bonchev–Trinajstić information content (AvgIpc) is 2.25. The molecule has 0 fully saturated rings. The second-order valence-electron chi connectivity index (χ2n) is 5.15. The van der Waals surface area contributed by atoms with E-state index in [4.69, 9.17) is 4.74 Å². The fourth-order valence-corrected chi connectivity index (χ4v) is 1.29.